The molecule has 11 rings (SSSR count). The van der Waals surface area contributed by atoms with Gasteiger partial charge in [-0.2, -0.15) is 0 Å². The molecule has 8 heteroatoms. The molecule has 2 fully saturated rings. The molecule has 278 valence electrons. The van der Waals surface area contributed by atoms with Gasteiger partial charge in [-0.3, -0.25) is 9.79 Å². The number of aliphatic hydroxyl groups excluding tert-OH is 1. The van der Waals surface area contributed by atoms with Crippen LogP contribution < -0.4 is 36.0 Å². The van der Waals surface area contributed by atoms with Gasteiger partial charge in [-0.25, -0.2) is 0 Å². The van der Waals surface area contributed by atoms with E-state index in [4.69, 9.17) is 14.5 Å². The van der Waals surface area contributed by atoms with E-state index in [9.17, 15) is 9.90 Å². The van der Waals surface area contributed by atoms with Crippen LogP contribution in [0, 0.1) is 0 Å². The molecule has 4 N–H and O–H groups in total. The molecule has 6 aromatic carbocycles. The van der Waals surface area contributed by atoms with Crippen molar-refractivity contribution in [1.29, 1.82) is 0 Å². The summed E-state index contributed by atoms with van der Waals surface area (Å²) in [6.45, 7) is 0. The lowest BCUT2D eigenvalue weighted by Crippen LogP contribution is -2.52. The van der Waals surface area contributed by atoms with Crippen LogP contribution in [0.5, 0.6) is 11.5 Å². The molecule has 0 amide bonds. The van der Waals surface area contributed by atoms with Gasteiger partial charge < -0.3 is 30.5 Å². The lowest BCUT2D eigenvalue weighted by Gasteiger charge is -2.46. The van der Waals surface area contributed by atoms with Gasteiger partial charge in [-0.15, -0.1) is 0 Å². The van der Waals surface area contributed by atoms with Crippen LogP contribution in [-0.2, 0) is 4.79 Å². The number of hydrogen-bond donors (Lipinski definition) is 4. The van der Waals surface area contributed by atoms with Crippen molar-refractivity contribution < 1.29 is 19.4 Å². The van der Waals surface area contributed by atoms with Crippen molar-refractivity contribution in [1.82, 2.24) is 0 Å². The minimum atomic E-state index is -0.529. The molecule has 8 nitrogen and oxygen atoms in total. The number of aliphatic hydroxyl groups is 1. The zero-order valence-electron chi connectivity index (χ0n) is 31.0. The molecular formula is C48H42N4O4. The van der Waals surface area contributed by atoms with E-state index < -0.39 is 11.3 Å². The number of carbonyl (C=O) groups excluding carboxylic acids is 1. The van der Waals surface area contributed by atoms with Gasteiger partial charge in [-0.05, 0) is 98.5 Å². The number of ketones is 1. The Morgan fingerprint density at radius 2 is 1.18 bits per heavy atom. The number of carbonyl (C=O) groups is 1. The Hall–Kier alpha value is -6.28. The van der Waals surface area contributed by atoms with Gasteiger partial charge >= 0.3 is 0 Å². The van der Waals surface area contributed by atoms with E-state index in [1.165, 1.54) is 0 Å². The van der Waals surface area contributed by atoms with Crippen LogP contribution in [0.1, 0.15) is 56.9 Å². The Balaban J connectivity index is 0.963. The highest BCUT2D eigenvalue weighted by Crippen LogP contribution is 2.49. The van der Waals surface area contributed by atoms with E-state index in [1.807, 2.05) is 84.9 Å². The van der Waals surface area contributed by atoms with Crippen molar-refractivity contribution in [3.05, 3.63) is 143 Å². The van der Waals surface area contributed by atoms with Gasteiger partial charge in [0.05, 0.1) is 34.4 Å². The number of benzene rings is 6. The third-order valence-electron chi connectivity index (χ3n) is 12.6. The van der Waals surface area contributed by atoms with Gasteiger partial charge in [-0.1, -0.05) is 84.9 Å². The Kier molecular flexibility index (Phi) is 7.46. The normalized spacial score (nSPS) is 25.9. The molecule has 0 atom stereocenters. The molecule has 6 aromatic rings. The number of Topliss-reactive ketones (excluding diaryl/α,β-unsaturated/α-hetero) is 1. The highest BCUT2D eigenvalue weighted by molar-refractivity contribution is 6.52. The smallest absolute Gasteiger partial charge is 0.201 e. The summed E-state index contributed by atoms with van der Waals surface area (Å²) in [6.07, 6.45) is 6.92. The number of hydrogen-bond acceptors (Lipinski definition) is 8. The fourth-order valence-electron chi connectivity index (χ4n) is 9.79. The summed E-state index contributed by atoms with van der Waals surface area (Å²) >= 11 is 0. The molecule has 0 aromatic heterocycles. The van der Waals surface area contributed by atoms with Crippen LogP contribution in [0.25, 0.3) is 32.7 Å². The van der Waals surface area contributed by atoms with Crippen LogP contribution in [-0.4, -0.2) is 34.4 Å². The van der Waals surface area contributed by atoms with Crippen molar-refractivity contribution in [3.63, 3.8) is 0 Å². The highest BCUT2D eigenvalue weighted by atomic mass is 16.5. The van der Waals surface area contributed by atoms with Gasteiger partial charge in [0.2, 0.25) is 5.78 Å². The van der Waals surface area contributed by atoms with E-state index in [0.29, 0.717) is 16.4 Å². The molecule has 2 saturated carbocycles. The minimum Gasteiger partial charge on any atom is -0.506 e. The first-order valence-corrected chi connectivity index (χ1v) is 19.9. The van der Waals surface area contributed by atoms with Gasteiger partial charge in [0.15, 0.2) is 0 Å². The molecule has 2 spiro atoms. The molecule has 0 saturated heterocycles. The SMILES string of the molecule is O=C1C(c2ccc3cccc4c3c2NC2(CCC(Oc3ccccc3)CC2)N4)=C(O)/C1=c1\ccc2cccc3c2c1=NC1(CCC(Oc2ccccc2)CC1)N3. The van der Waals surface area contributed by atoms with E-state index in [-0.39, 0.29) is 23.8 Å². The molecule has 2 heterocycles. The van der Waals surface area contributed by atoms with Crippen molar-refractivity contribution in [2.75, 3.05) is 16.0 Å². The second-order valence-corrected chi connectivity index (χ2v) is 16.0. The molecule has 0 unspecified atom stereocenters. The lowest BCUT2D eigenvalue weighted by molar-refractivity contribution is -0.109. The van der Waals surface area contributed by atoms with Crippen LogP contribution in [0.3, 0.4) is 0 Å². The zero-order chi connectivity index (χ0) is 37.4. The Bertz CT molecular complexity index is 2730. The molecule has 56 heavy (non-hydrogen) atoms. The second-order valence-electron chi connectivity index (χ2n) is 16.0. The van der Waals surface area contributed by atoms with Crippen LogP contribution in [0.15, 0.2) is 132 Å². The summed E-state index contributed by atoms with van der Waals surface area (Å²) < 4.78 is 12.7. The van der Waals surface area contributed by atoms with Crippen molar-refractivity contribution >= 4 is 55.5 Å². The van der Waals surface area contributed by atoms with E-state index >= 15 is 0 Å². The van der Waals surface area contributed by atoms with E-state index in [2.05, 4.69) is 52.3 Å². The fraction of sp³-hybridized carbons (Fsp3) is 0.250. The summed E-state index contributed by atoms with van der Waals surface area (Å²) in [6, 6.07) is 40.6. The summed E-state index contributed by atoms with van der Waals surface area (Å²) in [4.78, 5) is 20.0. The number of rotatable bonds is 5. The van der Waals surface area contributed by atoms with Gasteiger partial charge in [0.1, 0.15) is 28.6 Å². The lowest BCUT2D eigenvalue weighted by atomic mass is 9.78. The van der Waals surface area contributed by atoms with Crippen LogP contribution >= 0.6 is 0 Å². The van der Waals surface area contributed by atoms with Crippen molar-refractivity contribution in [3.8, 4) is 11.5 Å². The van der Waals surface area contributed by atoms with Gasteiger partial charge in [0.25, 0.3) is 0 Å². The average molecular weight is 739 g/mol. The monoisotopic (exact) mass is 738 g/mol. The summed E-state index contributed by atoms with van der Waals surface area (Å²) in [5.74, 6) is 1.64. The Morgan fingerprint density at radius 1 is 0.589 bits per heavy atom. The average Bonchev–Trinajstić information content (AvgIpc) is 3.22. The number of nitrogens with zero attached hydrogens (tertiary/aromatic N) is 1. The number of allylic oxidation sites excluding steroid dienone is 2. The predicted molar refractivity (Wildman–Crippen MR) is 222 cm³/mol. The van der Waals surface area contributed by atoms with E-state index in [1.54, 1.807) is 0 Å². The maximum absolute atomic E-state index is 14.6. The first kappa shape index (κ1) is 33.1. The quantitative estimate of drug-likeness (QED) is 0.140. The third-order valence-corrected chi connectivity index (χ3v) is 12.6. The highest BCUT2D eigenvalue weighted by Gasteiger charge is 2.44. The molecule has 5 aliphatic rings. The zero-order valence-corrected chi connectivity index (χ0v) is 31.0. The Morgan fingerprint density at radius 3 is 1.82 bits per heavy atom. The predicted octanol–water partition coefficient (Wildman–Crippen LogP) is 9.01. The Labute approximate surface area is 324 Å². The molecule has 0 radical (unpaired) electrons. The summed E-state index contributed by atoms with van der Waals surface area (Å²) in [5.41, 5.74) is 3.39. The number of anilines is 3. The molecule has 3 aliphatic carbocycles. The molecular weight excluding hydrogens is 697 g/mol. The standard InChI is InChI=1S/C48H42N4O4/c53-45-41(35-19-17-29-9-7-15-37-39(29)43(35)51-47(49-37)25-21-33(22-26-47)55-31-11-3-1-4-12-31)46(54)42(45)36-20-18-30-10-8-16-38-40(30)44(36)52-48(50-38)27-23-34(24-28-48)56-32-13-5-2-6-14-32/h1-20,33-34,49-51,53H,21-28H2/b42-36-. The third kappa shape index (κ3) is 5.34. The van der Waals surface area contributed by atoms with Gasteiger partial charge in [0, 0.05) is 32.9 Å². The van der Waals surface area contributed by atoms with Crippen LogP contribution in [0.4, 0.5) is 17.1 Å². The number of para-hydroxylation sites is 2. The first-order valence-electron chi connectivity index (χ1n) is 19.9. The topological polar surface area (TPSA) is 104 Å². The fourth-order valence-corrected chi connectivity index (χ4v) is 9.79. The molecule has 0 bridgehead atoms. The second kappa shape index (κ2) is 12.6. The summed E-state index contributed by atoms with van der Waals surface area (Å²) in [7, 11) is 0. The summed E-state index contributed by atoms with van der Waals surface area (Å²) in [5, 5.41) is 29.1. The van der Waals surface area contributed by atoms with E-state index in [0.717, 1.165) is 112 Å². The van der Waals surface area contributed by atoms with Crippen molar-refractivity contribution in [2.24, 2.45) is 4.99 Å². The molecule has 2 aliphatic heterocycles. The minimum absolute atomic E-state index is 0.0215. The maximum atomic E-state index is 14.6. The maximum Gasteiger partial charge on any atom is 0.201 e. The van der Waals surface area contributed by atoms with Crippen LogP contribution in [0.2, 0.25) is 0 Å². The number of ether oxygens (including phenoxy) is 2. The van der Waals surface area contributed by atoms with Crippen molar-refractivity contribution in [2.45, 2.75) is 74.9 Å². The first-order chi connectivity index (χ1) is 27.4. The number of nitrogens with one attached hydrogen (secondary N) is 3. The largest absolute Gasteiger partial charge is 0.506 e.